The van der Waals surface area contributed by atoms with Gasteiger partial charge >= 0.3 is 0 Å². The topological polar surface area (TPSA) is 69.6 Å². The Morgan fingerprint density at radius 1 is 1.08 bits per heavy atom. The second kappa shape index (κ2) is 7.79. The van der Waals surface area contributed by atoms with Gasteiger partial charge in [0, 0.05) is 24.6 Å². The van der Waals surface area contributed by atoms with Gasteiger partial charge in [-0.15, -0.1) is 0 Å². The molecule has 1 heterocycles. The van der Waals surface area contributed by atoms with Crippen molar-refractivity contribution < 1.29 is 14.7 Å². The van der Waals surface area contributed by atoms with E-state index < -0.39 is 6.04 Å². The molecule has 0 bridgehead atoms. The van der Waals surface area contributed by atoms with Crippen molar-refractivity contribution in [2.75, 3.05) is 13.1 Å². The fraction of sp³-hybridized carbons (Fsp3) is 0.579. The van der Waals surface area contributed by atoms with Crippen molar-refractivity contribution in [1.29, 1.82) is 0 Å². The first-order chi connectivity index (χ1) is 11.7. The smallest absolute Gasteiger partial charge is 0.254 e. The third-order valence-corrected chi connectivity index (χ3v) is 5.24. The van der Waals surface area contributed by atoms with Gasteiger partial charge in [-0.1, -0.05) is 24.6 Å². The summed E-state index contributed by atoms with van der Waals surface area (Å²) in [6, 6.07) is 8.75. The molecule has 3 rings (SSSR count). The minimum absolute atomic E-state index is 0.0728. The Kier molecular flexibility index (Phi) is 5.51. The molecule has 1 saturated heterocycles. The number of aliphatic hydroxyl groups excluding tert-OH is 1. The number of nitrogens with one attached hydrogen (secondary N) is 1. The highest BCUT2D eigenvalue weighted by Gasteiger charge is 2.33. The molecule has 3 unspecified atom stereocenters. The van der Waals surface area contributed by atoms with Crippen LogP contribution in [0.3, 0.4) is 0 Å². The molecule has 1 aromatic rings. The van der Waals surface area contributed by atoms with Crippen LogP contribution in [0.1, 0.15) is 48.9 Å². The molecule has 24 heavy (non-hydrogen) atoms. The van der Waals surface area contributed by atoms with Crippen molar-refractivity contribution in [3.05, 3.63) is 35.9 Å². The summed E-state index contributed by atoms with van der Waals surface area (Å²) >= 11 is 0. The van der Waals surface area contributed by atoms with Crippen LogP contribution >= 0.6 is 0 Å². The summed E-state index contributed by atoms with van der Waals surface area (Å²) in [7, 11) is 0. The number of piperidine rings is 1. The third kappa shape index (κ3) is 3.78. The first-order valence-electron chi connectivity index (χ1n) is 8.98. The van der Waals surface area contributed by atoms with E-state index in [1.807, 2.05) is 18.2 Å². The molecule has 2 aliphatic rings. The molecule has 2 amide bonds. The van der Waals surface area contributed by atoms with Crippen molar-refractivity contribution in [1.82, 2.24) is 10.2 Å². The molecule has 5 nitrogen and oxygen atoms in total. The molecule has 130 valence electrons. The van der Waals surface area contributed by atoms with Crippen LogP contribution in [0.2, 0.25) is 0 Å². The number of benzene rings is 1. The number of hydrogen-bond acceptors (Lipinski definition) is 3. The van der Waals surface area contributed by atoms with E-state index in [2.05, 4.69) is 5.32 Å². The lowest BCUT2D eigenvalue weighted by Crippen LogP contribution is -2.52. The molecular formula is C19H26N2O3. The number of rotatable bonds is 4. The van der Waals surface area contributed by atoms with Crippen LogP contribution in [-0.4, -0.2) is 47.1 Å². The number of carbonyl (C=O) groups excluding carboxylic acids is 2. The number of carbonyl (C=O) groups is 2. The lowest BCUT2D eigenvalue weighted by molar-refractivity contribution is -0.127. The van der Waals surface area contributed by atoms with Crippen molar-refractivity contribution >= 4 is 11.8 Å². The maximum absolute atomic E-state index is 12.7. The average molecular weight is 330 g/mol. The van der Waals surface area contributed by atoms with E-state index in [0.29, 0.717) is 25.1 Å². The lowest BCUT2D eigenvalue weighted by atomic mass is 9.99. The quantitative estimate of drug-likeness (QED) is 0.887. The van der Waals surface area contributed by atoms with Gasteiger partial charge in [0.1, 0.15) is 6.04 Å². The van der Waals surface area contributed by atoms with Gasteiger partial charge in [0.05, 0.1) is 6.10 Å². The zero-order valence-electron chi connectivity index (χ0n) is 14.0. The summed E-state index contributed by atoms with van der Waals surface area (Å²) < 4.78 is 0. The molecule has 0 radical (unpaired) electrons. The van der Waals surface area contributed by atoms with Crippen LogP contribution in [0.5, 0.6) is 0 Å². The molecular weight excluding hydrogens is 304 g/mol. The van der Waals surface area contributed by atoms with Crippen LogP contribution in [0.15, 0.2) is 30.3 Å². The second-order valence-electron chi connectivity index (χ2n) is 6.88. The van der Waals surface area contributed by atoms with E-state index in [4.69, 9.17) is 0 Å². The van der Waals surface area contributed by atoms with E-state index in [-0.39, 0.29) is 23.8 Å². The van der Waals surface area contributed by atoms with Crippen LogP contribution < -0.4 is 5.32 Å². The maximum atomic E-state index is 12.7. The summed E-state index contributed by atoms with van der Waals surface area (Å²) in [6.07, 6.45) is 5.09. The summed E-state index contributed by atoms with van der Waals surface area (Å²) in [5.41, 5.74) is 0.628. The minimum Gasteiger partial charge on any atom is -0.393 e. The Hall–Kier alpha value is -1.88. The van der Waals surface area contributed by atoms with E-state index in [1.54, 1.807) is 17.0 Å². The van der Waals surface area contributed by atoms with Gasteiger partial charge < -0.3 is 15.3 Å². The largest absolute Gasteiger partial charge is 0.393 e. The number of hydrogen-bond donors (Lipinski definition) is 2. The Balaban J connectivity index is 1.63. The molecule has 1 aromatic carbocycles. The van der Waals surface area contributed by atoms with Crippen LogP contribution in [-0.2, 0) is 4.79 Å². The monoisotopic (exact) mass is 330 g/mol. The first-order valence-corrected chi connectivity index (χ1v) is 8.98. The predicted octanol–water partition coefficient (Wildman–Crippen LogP) is 1.96. The van der Waals surface area contributed by atoms with Crippen molar-refractivity contribution in [2.24, 2.45) is 5.92 Å². The van der Waals surface area contributed by atoms with Gasteiger partial charge in [0.2, 0.25) is 5.91 Å². The zero-order valence-corrected chi connectivity index (χ0v) is 14.0. The van der Waals surface area contributed by atoms with Gasteiger partial charge in [-0.25, -0.2) is 0 Å². The Morgan fingerprint density at radius 3 is 2.58 bits per heavy atom. The fourth-order valence-corrected chi connectivity index (χ4v) is 3.80. The van der Waals surface area contributed by atoms with Gasteiger partial charge in [-0.2, -0.15) is 0 Å². The lowest BCUT2D eigenvalue weighted by Gasteiger charge is -2.35. The molecule has 2 N–H and O–H groups in total. The maximum Gasteiger partial charge on any atom is 0.254 e. The molecule has 1 aliphatic carbocycles. The fourth-order valence-electron chi connectivity index (χ4n) is 3.80. The van der Waals surface area contributed by atoms with Crippen molar-refractivity contribution in [3.8, 4) is 0 Å². The molecule has 1 aliphatic heterocycles. The van der Waals surface area contributed by atoms with Gasteiger partial charge in [-0.3, -0.25) is 9.59 Å². The molecule has 1 saturated carbocycles. The summed E-state index contributed by atoms with van der Waals surface area (Å²) in [4.78, 5) is 27.1. The standard InChI is InChI=1S/C19H26N2O3/c22-17-11-6-9-15(17)13-20-18(23)16-10-4-5-12-21(16)19(24)14-7-2-1-3-8-14/h1-3,7-8,15-17,22H,4-6,9-13H2,(H,20,23). The molecule has 3 atom stereocenters. The number of aliphatic hydroxyl groups is 1. The summed E-state index contributed by atoms with van der Waals surface area (Å²) in [6.45, 7) is 1.13. The van der Waals surface area contributed by atoms with E-state index in [9.17, 15) is 14.7 Å². The highest BCUT2D eigenvalue weighted by molar-refractivity contribution is 5.97. The normalized spacial score (nSPS) is 27.0. The van der Waals surface area contributed by atoms with E-state index in [0.717, 1.165) is 32.1 Å². The van der Waals surface area contributed by atoms with Crippen LogP contribution in [0, 0.1) is 5.92 Å². The SMILES string of the molecule is O=C(NCC1CCCC1O)C1CCCCN1C(=O)c1ccccc1. The third-order valence-electron chi connectivity index (χ3n) is 5.24. The number of nitrogens with zero attached hydrogens (tertiary/aromatic N) is 1. The predicted molar refractivity (Wildman–Crippen MR) is 91.5 cm³/mol. The average Bonchev–Trinajstić information content (AvgIpc) is 3.05. The van der Waals surface area contributed by atoms with Crippen LogP contribution in [0.25, 0.3) is 0 Å². The highest BCUT2D eigenvalue weighted by atomic mass is 16.3. The molecule has 2 fully saturated rings. The number of amides is 2. The molecule has 5 heteroatoms. The molecule has 0 spiro atoms. The number of likely N-dealkylation sites (tertiary alicyclic amines) is 1. The molecule has 0 aromatic heterocycles. The van der Waals surface area contributed by atoms with Gasteiger partial charge in [-0.05, 0) is 44.2 Å². The second-order valence-corrected chi connectivity index (χ2v) is 6.88. The summed E-state index contributed by atoms with van der Waals surface area (Å²) in [5.74, 6) is -0.00903. The Bertz CT molecular complexity index is 575. The van der Waals surface area contributed by atoms with Crippen LogP contribution in [0.4, 0.5) is 0 Å². The Labute approximate surface area is 143 Å². The van der Waals surface area contributed by atoms with Gasteiger partial charge in [0.25, 0.3) is 5.91 Å². The minimum atomic E-state index is -0.398. The highest BCUT2D eigenvalue weighted by Crippen LogP contribution is 2.25. The zero-order chi connectivity index (χ0) is 16.9. The Morgan fingerprint density at radius 2 is 1.88 bits per heavy atom. The van der Waals surface area contributed by atoms with Crippen molar-refractivity contribution in [3.63, 3.8) is 0 Å². The van der Waals surface area contributed by atoms with E-state index in [1.165, 1.54) is 0 Å². The van der Waals surface area contributed by atoms with Gasteiger partial charge in [0.15, 0.2) is 0 Å². The van der Waals surface area contributed by atoms with Crippen molar-refractivity contribution in [2.45, 2.75) is 50.7 Å². The first kappa shape index (κ1) is 17.0. The van der Waals surface area contributed by atoms with E-state index >= 15 is 0 Å². The summed E-state index contributed by atoms with van der Waals surface area (Å²) in [5, 5.41) is 12.9.